The molecule has 0 aromatic heterocycles. The fourth-order valence-electron chi connectivity index (χ4n) is 4.24. The van der Waals surface area contributed by atoms with Gasteiger partial charge in [-0.2, -0.15) is 0 Å². The number of nitrogens with zero attached hydrogens (tertiary/aromatic N) is 1. The van der Waals surface area contributed by atoms with E-state index in [1.165, 1.54) is 24.1 Å². The van der Waals surface area contributed by atoms with Gasteiger partial charge in [0.15, 0.2) is 11.5 Å². The van der Waals surface area contributed by atoms with Crippen molar-refractivity contribution in [3.8, 4) is 11.5 Å². The van der Waals surface area contributed by atoms with Gasteiger partial charge in [-0.3, -0.25) is 0 Å². The summed E-state index contributed by atoms with van der Waals surface area (Å²) in [5.41, 5.74) is 2.60. The minimum atomic E-state index is 0.336. The Morgan fingerprint density at radius 2 is 1.74 bits per heavy atom. The summed E-state index contributed by atoms with van der Waals surface area (Å²) in [6, 6.07) is 17.5. The standard InChI is InChI=1S/C23H30N2O2/c1-26-22-12-11-19(17-23(22)27-20-9-5-6-10-20)25-15-13-21(24-14-16-25)18-7-3-2-4-8-18/h2-4,7-8,11-12,17,20-21,24H,5-6,9-10,13-16H2,1H3. The van der Waals surface area contributed by atoms with Crippen molar-refractivity contribution in [2.24, 2.45) is 0 Å². The van der Waals surface area contributed by atoms with Crippen molar-refractivity contribution in [3.63, 3.8) is 0 Å². The molecule has 1 N–H and O–H groups in total. The van der Waals surface area contributed by atoms with Crippen molar-refractivity contribution in [3.05, 3.63) is 54.1 Å². The third-order valence-corrected chi connectivity index (χ3v) is 5.77. The van der Waals surface area contributed by atoms with Gasteiger partial charge in [0.1, 0.15) is 0 Å². The monoisotopic (exact) mass is 366 g/mol. The van der Waals surface area contributed by atoms with Gasteiger partial charge in [-0.1, -0.05) is 30.3 Å². The smallest absolute Gasteiger partial charge is 0.163 e. The van der Waals surface area contributed by atoms with Crippen molar-refractivity contribution in [2.75, 3.05) is 31.6 Å². The molecule has 4 rings (SSSR count). The van der Waals surface area contributed by atoms with Crippen LogP contribution in [0.3, 0.4) is 0 Å². The lowest BCUT2D eigenvalue weighted by Gasteiger charge is -2.24. The molecule has 2 aliphatic rings. The molecule has 0 spiro atoms. The molecule has 27 heavy (non-hydrogen) atoms. The Bertz CT molecular complexity index is 728. The maximum absolute atomic E-state index is 6.28. The molecule has 2 fully saturated rings. The summed E-state index contributed by atoms with van der Waals surface area (Å²) in [5, 5.41) is 3.70. The van der Waals surface area contributed by atoms with Crippen molar-refractivity contribution >= 4 is 5.69 Å². The zero-order chi connectivity index (χ0) is 18.5. The number of rotatable bonds is 5. The molecule has 1 heterocycles. The predicted octanol–water partition coefficient (Wildman–Crippen LogP) is 4.56. The zero-order valence-electron chi connectivity index (χ0n) is 16.2. The van der Waals surface area contributed by atoms with Gasteiger partial charge < -0.3 is 19.7 Å². The van der Waals surface area contributed by atoms with Gasteiger partial charge in [0.25, 0.3) is 0 Å². The highest BCUT2D eigenvalue weighted by molar-refractivity contribution is 5.56. The van der Waals surface area contributed by atoms with E-state index in [2.05, 4.69) is 52.7 Å². The molecular weight excluding hydrogens is 336 g/mol. The lowest BCUT2D eigenvalue weighted by molar-refractivity contribution is 0.201. The fourth-order valence-corrected chi connectivity index (χ4v) is 4.24. The van der Waals surface area contributed by atoms with E-state index < -0.39 is 0 Å². The summed E-state index contributed by atoms with van der Waals surface area (Å²) in [4.78, 5) is 2.46. The maximum atomic E-state index is 6.28. The summed E-state index contributed by atoms with van der Waals surface area (Å²) < 4.78 is 11.8. The van der Waals surface area contributed by atoms with Gasteiger partial charge in [0.05, 0.1) is 13.2 Å². The molecule has 2 aromatic carbocycles. The van der Waals surface area contributed by atoms with E-state index in [1.807, 2.05) is 6.07 Å². The average Bonchev–Trinajstić information content (AvgIpc) is 3.10. The molecule has 0 bridgehead atoms. The summed E-state index contributed by atoms with van der Waals surface area (Å²) in [5.74, 6) is 1.72. The van der Waals surface area contributed by atoms with Crippen LogP contribution in [0.15, 0.2) is 48.5 Å². The number of nitrogens with one attached hydrogen (secondary N) is 1. The van der Waals surface area contributed by atoms with E-state index in [0.717, 1.165) is 50.4 Å². The van der Waals surface area contributed by atoms with E-state index in [-0.39, 0.29) is 0 Å². The van der Waals surface area contributed by atoms with E-state index in [1.54, 1.807) is 7.11 Å². The van der Waals surface area contributed by atoms with E-state index in [9.17, 15) is 0 Å². The second-order valence-corrected chi connectivity index (χ2v) is 7.55. The van der Waals surface area contributed by atoms with Crippen LogP contribution in [0.2, 0.25) is 0 Å². The Hall–Kier alpha value is -2.20. The third kappa shape index (κ3) is 4.38. The van der Waals surface area contributed by atoms with Gasteiger partial charge >= 0.3 is 0 Å². The van der Waals surface area contributed by atoms with E-state index >= 15 is 0 Å². The maximum Gasteiger partial charge on any atom is 0.163 e. The Labute approximate surface area is 162 Å². The predicted molar refractivity (Wildman–Crippen MR) is 110 cm³/mol. The van der Waals surface area contributed by atoms with Crippen molar-refractivity contribution in [2.45, 2.75) is 44.2 Å². The number of hydrogen-bond donors (Lipinski definition) is 1. The van der Waals surface area contributed by atoms with Crippen LogP contribution in [0.4, 0.5) is 5.69 Å². The lowest BCUT2D eigenvalue weighted by Crippen LogP contribution is -2.28. The lowest BCUT2D eigenvalue weighted by atomic mass is 10.0. The summed E-state index contributed by atoms with van der Waals surface area (Å²) in [6.45, 7) is 3.00. The van der Waals surface area contributed by atoms with Crippen molar-refractivity contribution in [1.29, 1.82) is 0 Å². The molecule has 1 atom stereocenters. The van der Waals surface area contributed by atoms with Crippen LogP contribution < -0.4 is 19.7 Å². The first-order chi connectivity index (χ1) is 13.3. The molecule has 1 saturated heterocycles. The molecule has 4 heteroatoms. The molecular formula is C23H30N2O2. The van der Waals surface area contributed by atoms with Gasteiger partial charge in [0.2, 0.25) is 0 Å². The van der Waals surface area contributed by atoms with Crippen LogP contribution in [0.5, 0.6) is 11.5 Å². The number of hydrogen-bond acceptors (Lipinski definition) is 4. The third-order valence-electron chi connectivity index (χ3n) is 5.77. The number of anilines is 1. The van der Waals surface area contributed by atoms with Gasteiger partial charge in [0, 0.05) is 37.4 Å². The molecule has 2 aromatic rings. The topological polar surface area (TPSA) is 33.7 Å². The van der Waals surface area contributed by atoms with Gasteiger partial charge in [-0.05, 0) is 49.8 Å². The quantitative estimate of drug-likeness (QED) is 0.841. The average molecular weight is 367 g/mol. The minimum Gasteiger partial charge on any atom is -0.493 e. The van der Waals surface area contributed by atoms with Crippen LogP contribution in [-0.4, -0.2) is 32.8 Å². The number of ether oxygens (including phenoxy) is 2. The zero-order valence-corrected chi connectivity index (χ0v) is 16.2. The van der Waals surface area contributed by atoms with Crippen LogP contribution in [0, 0.1) is 0 Å². The highest BCUT2D eigenvalue weighted by Gasteiger charge is 2.21. The first-order valence-corrected chi connectivity index (χ1v) is 10.2. The first kappa shape index (κ1) is 18.2. The molecule has 1 unspecified atom stereocenters. The summed E-state index contributed by atoms with van der Waals surface area (Å²) >= 11 is 0. The Balaban J connectivity index is 1.47. The number of benzene rings is 2. The van der Waals surface area contributed by atoms with E-state index in [0.29, 0.717) is 12.1 Å². The summed E-state index contributed by atoms with van der Waals surface area (Å²) in [6.07, 6.45) is 6.27. The molecule has 1 aliphatic carbocycles. The van der Waals surface area contributed by atoms with Crippen molar-refractivity contribution < 1.29 is 9.47 Å². The second kappa shape index (κ2) is 8.66. The van der Waals surface area contributed by atoms with Crippen LogP contribution >= 0.6 is 0 Å². The highest BCUT2D eigenvalue weighted by atomic mass is 16.5. The minimum absolute atomic E-state index is 0.336. The highest BCUT2D eigenvalue weighted by Crippen LogP contribution is 2.35. The van der Waals surface area contributed by atoms with E-state index in [4.69, 9.17) is 9.47 Å². The van der Waals surface area contributed by atoms with Crippen LogP contribution in [-0.2, 0) is 0 Å². The molecule has 1 aliphatic heterocycles. The Morgan fingerprint density at radius 1 is 0.926 bits per heavy atom. The first-order valence-electron chi connectivity index (χ1n) is 10.2. The summed E-state index contributed by atoms with van der Waals surface area (Å²) in [7, 11) is 1.72. The number of methoxy groups -OCH3 is 1. The molecule has 144 valence electrons. The normalized spacial score (nSPS) is 21.1. The van der Waals surface area contributed by atoms with Gasteiger partial charge in [-0.15, -0.1) is 0 Å². The molecule has 0 amide bonds. The largest absolute Gasteiger partial charge is 0.493 e. The Morgan fingerprint density at radius 3 is 2.52 bits per heavy atom. The van der Waals surface area contributed by atoms with Crippen molar-refractivity contribution in [1.82, 2.24) is 5.32 Å². The molecule has 1 saturated carbocycles. The van der Waals surface area contributed by atoms with Crippen LogP contribution in [0.25, 0.3) is 0 Å². The molecule has 4 nitrogen and oxygen atoms in total. The second-order valence-electron chi connectivity index (χ2n) is 7.55. The Kier molecular flexibility index (Phi) is 5.83. The van der Waals surface area contributed by atoms with Gasteiger partial charge in [-0.25, -0.2) is 0 Å². The molecule has 0 radical (unpaired) electrons. The fraction of sp³-hybridized carbons (Fsp3) is 0.478. The SMILES string of the molecule is COc1ccc(N2CCNC(c3ccccc3)CC2)cc1OC1CCCC1. The van der Waals surface area contributed by atoms with Crippen LogP contribution in [0.1, 0.15) is 43.7 Å².